The summed E-state index contributed by atoms with van der Waals surface area (Å²) in [6.07, 6.45) is 0. The van der Waals surface area contributed by atoms with Crippen molar-refractivity contribution in [3.8, 4) is 0 Å². The van der Waals surface area contributed by atoms with Crippen molar-refractivity contribution in [3.05, 3.63) is 29.6 Å². The fourth-order valence-corrected chi connectivity index (χ4v) is 2.25. The molecule has 0 bridgehead atoms. The van der Waals surface area contributed by atoms with Crippen LogP contribution in [0.15, 0.2) is 23.1 Å². The van der Waals surface area contributed by atoms with Gasteiger partial charge in [0.1, 0.15) is 10.7 Å². The van der Waals surface area contributed by atoms with Crippen LogP contribution in [0.2, 0.25) is 0 Å². The summed E-state index contributed by atoms with van der Waals surface area (Å²) in [7, 11) is -3.98. The number of hydrogen-bond acceptors (Lipinski definition) is 2. The van der Waals surface area contributed by atoms with Crippen molar-refractivity contribution < 1.29 is 12.8 Å². The Kier molecular flexibility index (Phi) is 2.92. The van der Waals surface area contributed by atoms with Crippen LogP contribution in [0.5, 0.6) is 0 Å². The Morgan fingerprint density at radius 2 is 1.93 bits per heavy atom. The zero-order chi connectivity index (χ0) is 10.9. The van der Waals surface area contributed by atoms with Gasteiger partial charge in [-0.05, 0) is 17.5 Å². The van der Waals surface area contributed by atoms with Gasteiger partial charge < -0.3 is 0 Å². The summed E-state index contributed by atoms with van der Waals surface area (Å²) in [5.41, 5.74) is 0.410. The summed E-state index contributed by atoms with van der Waals surface area (Å²) in [6, 6.07) is 4.12. The van der Waals surface area contributed by atoms with Gasteiger partial charge in [0, 0.05) is 0 Å². The molecule has 0 aliphatic rings. The molecule has 0 saturated carbocycles. The molecule has 0 unspecified atom stereocenters. The summed E-state index contributed by atoms with van der Waals surface area (Å²) in [6.45, 7) is 3.56. The van der Waals surface area contributed by atoms with Crippen LogP contribution in [0.1, 0.15) is 25.3 Å². The molecule has 1 rings (SSSR count). The molecule has 0 amide bonds. The third kappa shape index (κ3) is 2.10. The Morgan fingerprint density at radius 1 is 1.36 bits per heavy atom. The first-order valence-electron chi connectivity index (χ1n) is 4.15. The summed E-state index contributed by atoms with van der Waals surface area (Å²) in [5, 5.41) is 4.93. The quantitative estimate of drug-likeness (QED) is 0.817. The average Bonchev–Trinajstić information content (AvgIpc) is 2.01. The largest absolute Gasteiger partial charge is 0.241 e. The van der Waals surface area contributed by atoms with Crippen molar-refractivity contribution in [2.24, 2.45) is 5.14 Å². The lowest BCUT2D eigenvalue weighted by molar-refractivity contribution is 0.560. The van der Waals surface area contributed by atoms with Crippen LogP contribution in [-0.4, -0.2) is 8.42 Å². The molecular weight excluding hydrogens is 205 g/mol. The van der Waals surface area contributed by atoms with Crippen LogP contribution >= 0.6 is 0 Å². The number of hydrogen-bond donors (Lipinski definition) is 1. The smallest absolute Gasteiger partial charge is 0.225 e. The van der Waals surface area contributed by atoms with E-state index < -0.39 is 20.7 Å². The molecule has 0 aliphatic carbocycles. The predicted molar refractivity (Wildman–Crippen MR) is 51.9 cm³/mol. The van der Waals surface area contributed by atoms with Gasteiger partial charge in [-0.3, -0.25) is 0 Å². The molecule has 5 heteroatoms. The third-order valence-corrected chi connectivity index (χ3v) is 2.90. The highest BCUT2D eigenvalue weighted by Gasteiger charge is 2.20. The van der Waals surface area contributed by atoms with E-state index in [1.807, 2.05) is 0 Å². The van der Waals surface area contributed by atoms with E-state index in [1.54, 1.807) is 19.9 Å². The standard InChI is InChI=1S/C9H12FNO2S/c1-6(2)7-4-3-5-8(10)9(7)14(11,12)13/h3-6H,1-2H3,(H2,11,12,13). The van der Waals surface area contributed by atoms with E-state index in [-0.39, 0.29) is 5.92 Å². The SMILES string of the molecule is CC(C)c1cccc(F)c1S(N)(=O)=O. The average molecular weight is 217 g/mol. The van der Waals surface area contributed by atoms with E-state index in [1.165, 1.54) is 6.07 Å². The summed E-state index contributed by atoms with van der Waals surface area (Å²) < 4.78 is 35.5. The molecule has 78 valence electrons. The highest BCUT2D eigenvalue weighted by Crippen LogP contribution is 2.24. The monoisotopic (exact) mass is 217 g/mol. The van der Waals surface area contributed by atoms with Gasteiger partial charge in [0.25, 0.3) is 0 Å². The number of rotatable bonds is 2. The minimum Gasteiger partial charge on any atom is -0.225 e. The number of nitrogens with two attached hydrogens (primary N) is 1. The van der Waals surface area contributed by atoms with Crippen molar-refractivity contribution in [2.75, 3.05) is 0 Å². The van der Waals surface area contributed by atoms with Crippen molar-refractivity contribution in [2.45, 2.75) is 24.7 Å². The Balaban J connectivity index is 3.54. The topological polar surface area (TPSA) is 60.2 Å². The summed E-state index contributed by atoms with van der Waals surface area (Å²) >= 11 is 0. The first-order chi connectivity index (χ1) is 6.34. The van der Waals surface area contributed by atoms with Crippen LogP contribution in [0.4, 0.5) is 4.39 Å². The molecular formula is C9H12FNO2S. The molecule has 0 spiro atoms. The van der Waals surface area contributed by atoms with Gasteiger partial charge in [-0.1, -0.05) is 26.0 Å². The first kappa shape index (κ1) is 11.1. The van der Waals surface area contributed by atoms with E-state index in [9.17, 15) is 12.8 Å². The summed E-state index contributed by atoms with van der Waals surface area (Å²) in [4.78, 5) is -0.394. The molecule has 0 radical (unpaired) electrons. The van der Waals surface area contributed by atoms with E-state index in [0.29, 0.717) is 5.56 Å². The molecule has 1 aromatic carbocycles. The van der Waals surface area contributed by atoms with Crippen molar-refractivity contribution >= 4 is 10.0 Å². The third-order valence-electron chi connectivity index (χ3n) is 1.90. The van der Waals surface area contributed by atoms with Crippen molar-refractivity contribution in [1.82, 2.24) is 0 Å². The Morgan fingerprint density at radius 3 is 2.29 bits per heavy atom. The van der Waals surface area contributed by atoms with Crippen molar-refractivity contribution in [1.29, 1.82) is 0 Å². The lowest BCUT2D eigenvalue weighted by atomic mass is 10.0. The number of benzene rings is 1. The van der Waals surface area contributed by atoms with Gasteiger partial charge in [-0.2, -0.15) is 0 Å². The van der Waals surface area contributed by atoms with Gasteiger partial charge in [-0.25, -0.2) is 17.9 Å². The minimum atomic E-state index is -3.98. The van der Waals surface area contributed by atoms with Crippen LogP contribution in [0.3, 0.4) is 0 Å². The molecule has 0 aromatic heterocycles. The Bertz CT molecular complexity index is 440. The minimum absolute atomic E-state index is 0.0842. The second kappa shape index (κ2) is 3.67. The zero-order valence-corrected chi connectivity index (χ0v) is 8.81. The maximum absolute atomic E-state index is 13.2. The van der Waals surface area contributed by atoms with Crippen LogP contribution in [0.25, 0.3) is 0 Å². The maximum Gasteiger partial charge on any atom is 0.241 e. The summed E-state index contributed by atoms with van der Waals surface area (Å²) in [5.74, 6) is -0.877. The van der Waals surface area contributed by atoms with Gasteiger partial charge in [0.15, 0.2) is 0 Å². The molecule has 1 aromatic rings. The van der Waals surface area contributed by atoms with Gasteiger partial charge in [0.05, 0.1) is 0 Å². The van der Waals surface area contributed by atoms with E-state index in [4.69, 9.17) is 5.14 Å². The zero-order valence-electron chi connectivity index (χ0n) is 7.99. The molecule has 0 atom stereocenters. The number of halogens is 1. The molecule has 2 N–H and O–H groups in total. The fraction of sp³-hybridized carbons (Fsp3) is 0.333. The van der Waals surface area contributed by atoms with Crippen molar-refractivity contribution in [3.63, 3.8) is 0 Å². The second-order valence-corrected chi connectivity index (χ2v) is 4.86. The fourth-order valence-electron chi connectivity index (χ4n) is 1.28. The van der Waals surface area contributed by atoms with Crippen LogP contribution in [0, 0.1) is 5.82 Å². The molecule has 14 heavy (non-hydrogen) atoms. The highest BCUT2D eigenvalue weighted by atomic mass is 32.2. The van der Waals surface area contributed by atoms with E-state index in [0.717, 1.165) is 6.07 Å². The van der Waals surface area contributed by atoms with E-state index in [2.05, 4.69) is 0 Å². The molecule has 3 nitrogen and oxygen atoms in total. The normalized spacial score (nSPS) is 12.1. The lowest BCUT2D eigenvalue weighted by Crippen LogP contribution is -2.17. The Hall–Kier alpha value is -0.940. The molecule has 0 heterocycles. The van der Waals surface area contributed by atoms with Crippen LogP contribution < -0.4 is 5.14 Å². The maximum atomic E-state index is 13.2. The van der Waals surface area contributed by atoms with Crippen LogP contribution in [-0.2, 0) is 10.0 Å². The van der Waals surface area contributed by atoms with Gasteiger partial charge in [0.2, 0.25) is 10.0 Å². The molecule has 0 saturated heterocycles. The lowest BCUT2D eigenvalue weighted by Gasteiger charge is -2.11. The molecule has 0 aliphatic heterocycles. The van der Waals surface area contributed by atoms with Gasteiger partial charge in [-0.15, -0.1) is 0 Å². The molecule has 0 fully saturated rings. The number of sulfonamides is 1. The predicted octanol–water partition coefficient (Wildman–Crippen LogP) is 1.60. The number of primary sulfonamides is 1. The highest BCUT2D eigenvalue weighted by molar-refractivity contribution is 7.89. The first-order valence-corrected chi connectivity index (χ1v) is 5.70. The van der Waals surface area contributed by atoms with E-state index >= 15 is 0 Å². The Labute approximate surface area is 82.8 Å². The second-order valence-electron chi connectivity index (χ2n) is 3.36. The van der Waals surface area contributed by atoms with Gasteiger partial charge >= 0.3 is 0 Å².